The van der Waals surface area contributed by atoms with Crippen LogP contribution in [0.15, 0.2) is 28.9 Å². The summed E-state index contributed by atoms with van der Waals surface area (Å²) in [5.41, 5.74) is 1.06. The zero-order valence-corrected chi connectivity index (χ0v) is 6.98. The lowest BCUT2D eigenvalue weighted by Gasteiger charge is -1.97. The Hall–Kier alpha value is -1.84. The quantitative estimate of drug-likeness (QED) is 0.621. The van der Waals surface area contributed by atoms with E-state index in [4.69, 9.17) is 4.52 Å². The first kappa shape index (κ1) is 7.79. The van der Waals surface area contributed by atoms with E-state index in [2.05, 4.69) is 9.89 Å². The lowest BCUT2D eigenvalue weighted by atomic mass is 10.1. The van der Waals surface area contributed by atoms with Gasteiger partial charge in [-0.25, -0.2) is 4.79 Å². The Morgan fingerprint density at radius 3 is 3.15 bits per heavy atom. The van der Waals surface area contributed by atoms with Crippen molar-refractivity contribution in [3.8, 4) is 0 Å². The summed E-state index contributed by atoms with van der Waals surface area (Å²) in [5, 5.41) is 4.27. The van der Waals surface area contributed by atoms with Crippen LogP contribution in [0.25, 0.3) is 11.0 Å². The zero-order chi connectivity index (χ0) is 9.26. The molecule has 0 radical (unpaired) electrons. The van der Waals surface area contributed by atoms with Crippen LogP contribution in [0.5, 0.6) is 0 Å². The predicted octanol–water partition coefficient (Wildman–Crippen LogP) is 1.61. The Morgan fingerprint density at radius 2 is 2.38 bits per heavy atom. The molecule has 4 nitrogen and oxygen atoms in total. The van der Waals surface area contributed by atoms with E-state index in [1.165, 1.54) is 13.3 Å². The summed E-state index contributed by atoms with van der Waals surface area (Å²) in [6.07, 6.45) is 1.50. The molecule has 13 heavy (non-hydrogen) atoms. The van der Waals surface area contributed by atoms with Gasteiger partial charge in [0.05, 0.1) is 24.3 Å². The molecule has 4 heteroatoms. The highest BCUT2D eigenvalue weighted by Gasteiger charge is 2.11. The molecule has 0 aliphatic carbocycles. The van der Waals surface area contributed by atoms with Gasteiger partial charge in [0, 0.05) is 0 Å². The number of hydrogen-bond donors (Lipinski definition) is 0. The van der Waals surface area contributed by atoms with Gasteiger partial charge >= 0.3 is 5.97 Å². The molecule has 0 saturated heterocycles. The third-order valence-electron chi connectivity index (χ3n) is 1.80. The summed E-state index contributed by atoms with van der Waals surface area (Å²) in [6, 6.07) is 5.14. The number of hydrogen-bond acceptors (Lipinski definition) is 4. The average Bonchev–Trinajstić information content (AvgIpc) is 2.63. The van der Waals surface area contributed by atoms with E-state index in [1.54, 1.807) is 18.2 Å². The molecule has 0 N–H and O–H groups in total. The molecule has 0 aliphatic rings. The van der Waals surface area contributed by atoms with E-state index in [9.17, 15) is 4.79 Å². The molecule has 0 bridgehead atoms. The molecule has 0 aliphatic heterocycles. The highest BCUT2D eigenvalue weighted by Crippen LogP contribution is 2.18. The molecule has 1 aromatic heterocycles. The van der Waals surface area contributed by atoms with Crippen molar-refractivity contribution >= 4 is 16.9 Å². The first-order valence-corrected chi connectivity index (χ1v) is 3.74. The Balaban J connectivity index is 2.67. The van der Waals surface area contributed by atoms with Crippen molar-refractivity contribution < 1.29 is 14.1 Å². The van der Waals surface area contributed by atoms with Crippen LogP contribution >= 0.6 is 0 Å². The van der Waals surface area contributed by atoms with Crippen molar-refractivity contribution in [2.24, 2.45) is 0 Å². The standard InChI is InChI=1S/C9H7NO3/c1-12-9(11)6-3-2-4-8-7(6)5-10-13-8/h2-5H,1H3. The molecule has 0 atom stereocenters. The number of benzene rings is 1. The SMILES string of the molecule is COC(=O)c1cccc2oncc12. The monoisotopic (exact) mass is 177 g/mol. The van der Waals surface area contributed by atoms with Crippen molar-refractivity contribution in [3.05, 3.63) is 30.0 Å². The lowest BCUT2D eigenvalue weighted by Crippen LogP contribution is -2.00. The predicted molar refractivity (Wildman–Crippen MR) is 45.3 cm³/mol. The number of methoxy groups -OCH3 is 1. The summed E-state index contributed by atoms with van der Waals surface area (Å²) in [4.78, 5) is 11.2. The molecule has 2 aromatic rings. The fourth-order valence-electron chi connectivity index (χ4n) is 1.18. The van der Waals surface area contributed by atoms with E-state index in [0.29, 0.717) is 16.5 Å². The Bertz CT molecular complexity index is 447. The second-order valence-corrected chi connectivity index (χ2v) is 2.53. The summed E-state index contributed by atoms with van der Waals surface area (Å²) < 4.78 is 9.50. The minimum absolute atomic E-state index is 0.381. The third kappa shape index (κ3) is 1.16. The molecular weight excluding hydrogens is 170 g/mol. The van der Waals surface area contributed by atoms with E-state index >= 15 is 0 Å². The smallest absolute Gasteiger partial charge is 0.338 e. The first-order valence-electron chi connectivity index (χ1n) is 3.74. The second kappa shape index (κ2) is 2.90. The van der Waals surface area contributed by atoms with Gasteiger partial charge in [-0.2, -0.15) is 0 Å². The Kier molecular flexibility index (Phi) is 1.73. The molecule has 66 valence electrons. The largest absolute Gasteiger partial charge is 0.465 e. The van der Waals surface area contributed by atoms with Crippen molar-refractivity contribution in [3.63, 3.8) is 0 Å². The van der Waals surface area contributed by atoms with Gasteiger partial charge < -0.3 is 9.26 Å². The summed E-state index contributed by atoms with van der Waals surface area (Å²) in [6.45, 7) is 0. The Labute approximate surface area is 74.1 Å². The molecule has 0 unspecified atom stereocenters. The van der Waals surface area contributed by atoms with Gasteiger partial charge in [0.2, 0.25) is 0 Å². The summed E-state index contributed by atoms with van der Waals surface area (Å²) in [5.74, 6) is -0.381. The zero-order valence-electron chi connectivity index (χ0n) is 6.98. The van der Waals surface area contributed by atoms with Gasteiger partial charge in [-0.1, -0.05) is 11.2 Å². The number of nitrogens with zero attached hydrogens (tertiary/aromatic N) is 1. The molecule has 0 fully saturated rings. The van der Waals surface area contributed by atoms with Crippen LogP contribution in [-0.2, 0) is 4.74 Å². The van der Waals surface area contributed by atoms with E-state index in [0.717, 1.165) is 0 Å². The van der Waals surface area contributed by atoms with E-state index < -0.39 is 0 Å². The third-order valence-corrected chi connectivity index (χ3v) is 1.80. The van der Waals surface area contributed by atoms with Crippen molar-refractivity contribution in [2.75, 3.05) is 7.11 Å². The van der Waals surface area contributed by atoms with Gasteiger partial charge in [-0.05, 0) is 12.1 Å². The second-order valence-electron chi connectivity index (χ2n) is 2.53. The Morgan fingerprint density at radius 1 is 1.54 bits per heavy atom. The van der Waals surface area contributed by atoms with Gasteiger partial charge in [-0.3, -0.25) is 0 Å². The van der Waals surface area contributed by atoms with Gasteiger partial charge in [0.15, 0.2) is 5.58 Å². The van der Waals surface area contributed by atoms with E-state index in [-0.39, 0.29) is 5.97 Å². The van der Waals surface area contributed by atoms with Crippen molar-refractivity contribution in [1.82, 2.24) is 5.16 Å². The van der Waals surface area contributed by atoms with Crippen LogP contribution in [0, 0.1) is 0 Å². The number of fused-ring (bicyclic) bond motifs is 1. The number of esters is 1. The molecule has 1 aromatic carbocycles. The maximum absolute atomic E-state index is 11.2. The lowest BCUT2D eigenvalue weighted by molar-refractivity contribution is 0.0603. The fraction of sp³-hybridized carbons (Fsp3) is 0.111. The van der Waals surface area contributed by atoms with Crippen LogP contribution < -0.4 is 0 Å². The average molecular weight is 177 g/mol. The highest BCUT2D eigenvalue weighted by atomic mass is 16.5. The number of carbonyl (C=O) groups is 1. The molecule has 0 saturated carbocycles. The maximum Gasteiger partial charge on any atom is 0.338 e. The minimum Gasteiger partial charge on any atom is -0.465 e. The van der Waals surface area contributed by atoms with Gasteiger partial charge in [-0.15, -0.1) is 0 Å². The van der Waals surface area contributed by atoms with Crippen LogP contribution in [0.2, 0.25) is 0 Å². The van der Waals surface area contributed by atoms with Gasteiger partial charge in [0.1, 0.15) is 0 Å². The molecular formula is C9H7NO3. The fourth-order valence-corrected chi connectivity index (χ4v) is 1.18. The first-order chi connectivity index (χ1) is 6.33. The molecule has 0 amide bonds. The van der Waals surface area contributed by atoms with E-state index in [1.807, 2.05) is 0 Å². The minimum atomic E-state index is -0.381. The van der Waals surface area contributed by atoms with Crippen LogP contribution in [0.3, 0.4) is 0 Å². The number of rotatable bonds is 1. The number of aromatic nitrogens is 1. The van der Waals surface area contributed by atoms with Crippen LogP contribution in [0.4, 0.5) is 0 Å². The van der Waals surface area contributed by atoms with Crippen LogP contribution in [-0.4, -0.2) is 18.2 Å². The molecule has 1 heterocycles. The van der Waals surface area contributed by atoms with Crippen molar-refractivity contribution in [2.45, 2.75) is 0 Å². The maximum atomic E-state index is 11.2. The van der Waals surface area contributed by atoms with Gasteiger partial charge in [0.25, 0.3) is 0 Å². The highest BCUT2D eigenvalue weighted by molar-refractivity contribution is 6.02. The topological polar surface area (TPSA) is 52.3 Å². The van der Waals surface area contributed by atoms with Crippen molar-refractivity contribution in [1.29, 1.82) is 0 Å². The molecule has 2 rings (SSSR count). The summed E-state index contributed by atoms with van der Waals surface area (Å²) >= 11 is 0. The molecule has 0 spiro atoms. The number of carbonyl (C=O) groups excluding carboxylic acids is 1. The number of ether oxygens (including phenoxy) is 1. The summed E-state index contributed by atoms with van der Waals surface area (Å²) in [7, 11) is 1.34. The van der Waals surface area contributed by atoms with Crippen LogP contribution in [0.1, 0.15) is 10.4 Å². The normalized spacial score (nSPS) is 10.2.